The van der Waals surface area contributed by atoms with Gasteiger partial charge in [0.15, 0.2) is 5.16 Å². The number of thioether (sulfide) groups is 1. The van der Waals surface area contributed by atoms with Gasteiger partial charge in [0.05, 0.1) is 24.9 Å². The molecule has 0 saturated carbocycles. The summed E-state index contributed by atoms with van der Waals surface area (Å²) in [5.74, 6) is 0.801. The maximum Gasteiger partial charge on any atom is 0.272 e. The minimum atomic E-state index is -0.114. The van der Waals surface area contributed by atoms with Gasteiger partial charge in [0.1, 0.15) is 10.4 Å². The van der Waals surface area contributed by atoms with Crippen LogP contribution in [0.15, 0.2) is 76.0 Å². The number of rotatable bonds is 7. The highest BCUT2D eigenvalue weighted by molar-refractivity contribution is 7.99. The molecule has 6 nitrogen and oxygen atoms in total. The fourth-order valence-electron chi connectivity index (χ4n) is 3.20. The highest BCUT2D eigenvalue weighted by Crippen LogP contribution is 2.25. The third kappa shape index (κ3) is 4.50. The zero-order valence-corrected chi connectivity index (χ0v) is 18.8. The van der Waals surface area contributed by atoms with Gasteiger partial charge >= 0.3 is 0 Å². The minimum absolute atomic E-state index is 0.0697. The maximum absolute atomic E-state index is 13.2. The third-order valence-electron chi connectivity index (χ3n) is 4.89. The summed E-state index contributed by atoms with van der Waals surface area (Å²) < 4.78 is 7.67. The summed E-state index contributed by atoms with van der Waals surface area (Å²) in [4.78, 5) is 32.2. The van der Waals surface area contributed by atoms with Crippen molar-refractivity contribution in [2.45, 2.75) is 11.7 Å². The van der Waals surface area contributed by atoms with Crippen LogP contribution < -0.4 is 15.2 Å². The van der Waals surface area contributed by atoms with Crippen molar-refractivity contribution in [3.63, 3.8) is 0 Å². The summed E-state index contributed by atoms with van der Waals surface area (Å²) in [6.45, 7) is 0.314. The van der Waals surface area contributed by atoms with Crippen LogP contribution in [0.2, 0.25) is 0 Å². The number of anilines is 1. The number of amides is 1. The van der Waals surface area contributed by atoms with Crippen LogP contribution in [-0.2, 0) is 11.3 Å². The van der Waals surface area contributed by atoms with Crippen LogP contribution >= 0.6 is 23.1 Å². The second kappa shape index (κ2) is 9.36. The topological polar surface area (TPSA) is 64.4 Å². The fraction of sp³-hybridized carbons (Fsp3) is 0.174. The van der Waals surface area contributed by atoms with E-state index in [-0.39, 0.29) is 17.2 Å². The van der Waals surface area contributed by atoms with E-state index in [4.69, 9.17) is 4.74 Å². The highest BCUT2D eigenvalue weighted by atomic mass is 32.2. The smallest absolute Gasteiger partial charge is 0.272 e. The normalized spacial score (nSPS) is 10.9. The number of nitrogens with zero attached hydrogens (tertiary/aromatic N) is 3. The van der Waals surface area contributed by atoms with Crippen LogP contribution in [0.5, 0.6) is 5.75 Å². The van der Waals surface area contributed by atoms with E-state index in [1.807, 2.05) is 66.0 Å². The van der Waals surface area contributed by atoms with E-state index < -0.39 is 0 Å². The van der Waals surface area contributed by atoms with Crippen LogP contribution in [-0.4, -0.2) is 35.4 Å². The summed E-state index contributed by atoms with van der Waals surface area (Å²) in [5.41, 5.74) is 2.23. The number of aromatic nitrogens is 2. The third-order valence-corrected chi connectivity index (χ3v) is 6.75. The molecule has 0 atom stereocenters. The molecule has 4 rings (SSSR count). The molecule has 0 aliphatic rings. The van der Waals surface area contributed by atoms with E-state index in [1.165, 1.54) is 23.1 Å². The molecule has 1 amide bonds. The van der Waals surface area contributed by atoms with Crippen molar-refractivity contribution in [1.82, 2.24) is 9.55 Å². The first-order valence-corrected chi connectivity index (χ1v) is 11.5. The molecule has 0 saturated heterocycles. The lowest BCUT2D eigenvalue weighted by molar-refractivity contribution is -0.115. The van der Waals surface area contributed by atoms with Gasteiger partial charge in [-0.2, -0.15) is 0 Å². The standard InChI is InChI=1S/C23H21N3O3S2/c1-25(17-9-4-3-5-10-17)20(27)15-31-23-24-18-12-13-30-21(18)22(28)26(23)14-16-8-6-7-11-19(16)29-2/h3-13H,14-15H2,1-2H3. The van der Waals surface area contributed by atoms with Gasteiger partial charge in [-0.25, -0.2) is 4.98 Å². The van der Waals surface area contributed by atoms with Crippen LogP contribution in [0.1, 0.15) is 5.56 Å². The predicted molar refractivity (Wildman–Crippen MR) is 127 cm³/mol. The molecular weight excluding hydrogens is 430 g/mol. The Kier molecular flexibility index (Phi) is 6.39. The first kappa shape index (κ1) is 21.1. The van der Waals surface area contributed by atoms with Gasteiger partial charge in [0.2, 0.25) is 5.91 Å². The second-order valence-corrected chi connectivity index (χ2v) is 8.67. The molecule has 0 unspecified atom stereocenters. The first-order chi connectivity index (χ1) is 15.1. The van der Waals surface area contributed by atoms with Crippen molar-refractivity contribution in [3.05, 3.63) is 82.0 Å². The van der Waals surface area contributed by atoms with Gasteiger partial charge in [-0.05, 0) is 29.6 Å². The summed E-state index contributed by atoms with van der Waals surface area (Å²) >= 11 is 2.64. The summed E-state index contributed by atoms with van der Waals surface area (Å²) in [6, 6.07) is 18.9. The predicted octanol–water partition coefficient (Wildman–Crippen LogP) is 4.27. The van der Waals surface area contributed by atoms with E-state index in [9.17, 15) is 9.59 Å². The van der Waals surface area contributed by atoms with E-state index in [0.717, 1.165) is 11.3 Å². The number of ether oxygens (including phenoxy) is 1. The average molecular weight is 452 g/mol. The van der Waals surface area contributed by atoms with E-state index >= 15 is 0 Å². The van der Waals surface area contributed by atoms with Gasteiger partial charge < -0.3 is 9.64 Å². The Labute approximate surface area is 188 Å². The van der Waals surface area contributed by atoms with Crippen molar-refractivity contribution >= 4 is 44.9 Å². The molecule has 4 aromatic rings. The number of fused-ring (bicyclic) bond motifs is 1. The van der Waals surface area contributed by atoms with Gasteiger partial charge in [-0.15, -0.1) is 11.3 Å². The Morgan fingerprint density at radius 2 is 1.87 bits per heavy atom. The number of carbonyl (C=O) groups excluding carboxylic acids is 1. The van der Waals surface area contributed by atoms with Gasteiger partial charge in [0.25, 0.3) is 5.56 Å². The van der Waals surface area contributed by atoms with E-state index in [0.29, 0.717) is 27.7 Å². The van der Waals surface area contributed by atoms with Crippen LogP contribution in [0.3, 0.4) is 0 Å². The van der Waals surface area contributed by atoms with Gasteiger partial charge in [-0.3, -0.25) is 14.2 Å². The fourth-order valence-corrected chi connectivity index (χ4v) is 4.89. The van der Waals surface area contributed by atoms with Gasteiger partial charge in [0, 0.05) is 18.3 Å². The second-order valence-electron chi connectivity index (χ2n) is 6.81. The van der Waals surface area contributed by atoms with E-state index in [1.54, 1.807) is 23.6 Å². The van der Waals surface area contributed by atoms with Crippen molar-refractivity contribution < 1.29 is 9.53 Å². The molecule has 8 heteroatoms. The molecule has 0 radical (unpaired) electrons. The average Bonchev–Trinajstić information content (AvgIpc) is 3.28. The van der Waals surface area contributed by atoms with Crippen molar-refractivity contribution in [2.24, 2.45) is 0 Å². The SMILES string of the molecule is COc1ccccc1Cn1c(SCC(=O)N(C)c2ccccc2)nc2ccsc2c1=O. The first-order valence-electron chi connectivity index (χ1n) is 9.63. The van der Waals surface area contributed by atoms with Crippen LogP contribution in [0.25, 0.3) is 10.2 Å². The Bertz CT molecular complexity index is 1270. The monoisotopic (exact) mass is 451 g/mol. The number of carbonyl (C=O) groups is 1. The number of methoxy groups -OCH3 is 1. The van der Waals surface area contributed by atoms with E-state index in [2.05, 4.69) is 4.98 Å². The van der Waals surface area contributed by atoms with Crippen molar-refractivity contribution in [2.75, 3.05) is 24.8 Å². The largest absolute Gasteiger partial charge is 0.496 e. The van der Waals surface area contributed by atoms with Crippen LogP contribution in [0, 0.1) is 0 Å². The quantitative estimate of drug-likeness (QED) is 0.310. The Morgan fingerprint density at radius 1 is 1.13 bits per heavy atom. The molecule has 2 heterocycles. The zero-order chi connectivity index (χ0) is 21.8. The summed E-state index contributed by atoms with van der Waals surface area (Å²) in [7, 11) is 3.35. The highest BCUT2D eigenvalue weighted by Gasteiger charge is 2.17. The number of hydrogen-bond acceptors (Lipinski definition) is 6. The molecule has 0 fully saturated rings. The minimum Gasteiger partial charge on any atom is -0.496 e. The molecule has 0 bridgehead atoms. The molecule has 0 spiro atoms. The van der Waals surface area contributed by atoms with Gasteiger partial charge in [-0.1, -0.05) is 48.2 Å². The molecular formula is C23H21N3O3S2. The molecule has 158 valence electrons. The lowest BCUT2D eigenvalue weighted by atomic mass is 10.2. The lowest BCUT2D eigenvalue weighted by Crippen LogP contribution is -2.29. The number of para-hydroxylation sites is 2. The number of thiophene rings is 1. The molecule has 0 aliphatic heterocycles. The molecule has 0 N–H and O–H groups in total. The van der Waals surface area contributed by atoms with Crippen molar-refractivity contribution in [3.8, 4) is 5.75 Å². The summed E-state index contributed by atoms with van der Waals surface area (Å²) in [5, 5.41) is 2.37. The number of hydrogen-bond donors (Lipinski definition) is 0. The number of benzene rings is 2. The van der Waals surface area contributed by atoms with Crippen LogP contribution in [0.4, 0.5) is 5.69 Å². The lowest BCUT2D eigenvalue weighted by Gasteiger charge is -2.18. The zero-order valence-electron chi connectivity index (χ0n) is 17.1. The molecule has 0 aliphatic carbocycles. The molecule has 2 aromatic heterocycles. The molecule has 2 aromatic carbocycles. The molecule has 31 heavy (non-hydrogen) atoms. The summed E-state index contributed by atoms with van der Waals surface area (Å²) in [6.07, 6.45) is 0. The Hall–Kier alpha value is -3.10. The Balaban J connectivity index is 1.64. The maximum atomic E-state index is 13.2. The Morgan fingerprint density at radius 3 is 2.65 bits per heavy atom. The van der Waals surface area contributed by atoms with Crippen molar-refractivity contribution in [1.29, 1.82) is 0 Å².